The molecule has 3 aromatic rings. The SMILES string of the molecule is Cc1cc(C2C(c3ccccn3)NC(=S)N2CC2CCCO2)c(C)n1-c1ccccc1. The van der Waals surface area contributed by atoms with Gasteiger partial charge in [-0.3, -0.25) is 4.98 Å². The van der Waals surface area contributed by atoms with E-state index >= 15 is 0 Å². The Bertz CT molecular complexity index is 1060. The molecule has 1 N–H and O–H groups in total. The van der Waals surface area contributed by atoms with Gasteiger partial charge in [0.15, 0.2) is 5.11 Å². The number of ether oxygens (including phenoxy) is 1. The molecule has 2 aromatic heterocycles. The van der Waals surface area contributed by atoms with Gasteiger partial charge in [-0.25, -0.2) is 0 Å². The predicted molar refractivity (Wildman–Crippen MR) is 126 cm³/mol. The van der Waals surface area contributed by atoms with Crippen molar-refractivity contribution in [2.45, 2.75) is 44.9 Å². The van der Waals surface area contributed by atoms with Gasteiger partial charge in [0.25, 0.3) is 0 Å². The van der Waals surface area contributed by atoms with E-state index in [1.165, 1.54) is 22.6 Å². The van der Waals surface area contributed by atoms with Crippen LogP contribution in [0.1, 0.15) is 47.6 Å². The van der Waals surface area contributed by atoms with Crippen molar-refractivity contribution in [3.63, 3.8) is 0 Å². The number of nitrogens with zero attached hydrogens (tertiary/aromatic N) is 3. The van der Waals surface area contributed by atoms with Gasteiger partial charge >= 0.3 is 0 Å². The molecule has 4 heterocycles. The summed E-state index contributed by atoms with van der Waals surface area (Å²) in [7, 11) is 0. The lowest BCUT2D eigenvalue weighted by Gasteiger charge is -2.30. The first-order chi connectivity index (χ1) is 15.1. The van der Waals surface area contributed by atoms with Crippen LogP contribution in [0.5, 0.6) is 0 Å². The largest absolute Gasteiger partial charge is 0.376 e. The molecule has 2 aliphatic heterocycles. The van der Waals surface area contributed by atoms with Crippen LogP contribution in [-0.4, -0.2) is 38.8 Å². The van der Waals surface area contributed by atoms with Crippen molar-refractivity contribution in [1.29, 1.82) is 0 Å². The van der Waals surface area contributed by atoms with Crippen LogP contribution in [0.3, 0.4) is 0 Å². The molecule has 2 aliphatic rings. The summed E-state index contributed by atoms with van der Waals surface area (Å²) in [6, 6.07) is 19.0. The molecule has 0 bridgehead atoms. The third kappa shape index (κ3) is 3.75. The highest BCUT2D eigenvalue weighted by Gasteiger charge is 2.42. The van der Waals surface area contributed by atoms with Crippen molar-refractivity contribution >= 4 is 17.3 Å². The minimum atomic E-state index is -0.000161. The third-order valence-corrected chi connectivity index (χ3v) is 6.78. The van der Waals surface area contributed by atoms with E-state index in [-0.39, 0.29) is 18.2 Å². The number of rotatable bonds is 5. The molecule has 0 amide bonds. The minimum absolute atomic E-state index is 0.000161. The van der Waals surface area contributed by atoms with Crippen molar-refractivity contribution < 1.29 is 4.74 Å². The summed E-state index contributed by atoms with van der Waals surface area (Å²) in [6.07, 6.45) is 4.29. The Hall–Kier alpha value is -2.70. The van der Waals surface area contributed by atoms with Gasteiger partial charge in [0, 0.05) is 36.4 Å². The summed E-state index contributed by atoms with van der Waals surface area (Å²) in [4.78, 5) is 6.99. The molecule has 5 rings (SSSR count). The molecule has 0 saturated carbocycles. The first kappa shape index (κ1) is 20.2. The highest BCUT2D eigenvalue weighted by molar-refractivity contribution is 7.80. The first-order valence-electron chi connectivity index (χ1n) is 11.0. The number of aromatic nitrogens is 2. The monoisotopic (exact) mass is 432 g/mol. The molecule has 0 aliphatic carbocycles. The van der Waals surface area contributed by atoms with Gasteiger partial charge in [-0.2, -0.15) is 0 Å². The lowest BCUT2D eigenvalue weighted by atomic mass is 9.96. The average molecular weight is 433 g/mol. The second kappa shape index (κ2) is 8.44. The van der Waals surface area contributed by atoms with Crippen molar-refractivity contribution in [2.24, 2.45) is 0 Å². The number of pyridine rings is 1. The van der Waals surface area contributed by atoms with Crippen LogP contribution in [0.4, 0.5) is 0 Å². The van der Waals surface area contributed by atoms with Crippen molar-refractivity contribution in [1.82, 2.24) is 19.8 Å². The normalized spacial score (nSPS) is 23.4. The Labute approximate surface area is 189 Å². The van der Waals surface area contributed by atoms with E-state index in [0.717, 1.165) is 36.8 Å². The van der Waals surface area contributed by atoms with Crippen molar-refractivity contribution in [3.8, 4) is 5.69 Å². The summed E-state index contributed by atoms with van der Waals surface area (Å²) in [5, 5.41) is 4.35. The Morgan fingerprint density at radius 3 is 2.65 bits per heavy atom. The Kier molecular flexibility index (Phi) is 5.50. The molecular weight excluding hydrogens is 404 g/mol. The second-order valence-corrected chi connectivity index (χ2v) is 8.80. The molecule has 3 atom stereocenters. The summed E-state index contributed by atoms with van der Waals surface area (Å²) < 4.78 is 8.30. The maximum atomic E-state index is 5.97. The van der Waals surface area contributed by atoms with E-state index in [0.29, 0.717) is 0 Å². The topological polar surface area (TPSA) is 42.3 Å². The van der Waals surface area contributed by atoms with Crippen LogP contribution in [0.2, 0.25) is 0 Å². The van der Waals surface area contributed by atoms with E-state index in [1.54, 1.807) is 0 Å². The molecule has 0 radical (unpaired) electrons. The number of hydrogen-bond acceptors (Lipinski definition) is 3. The zero-order valence-corrected chi connectivity index (χ0v) is 18.8. The fraction of sp³-hybridized carbons (Fsp3) is 0.360. The quantitative estimate of drug-likeness (QED) is 0.595. The summed E-state index contributed by atoms with van der Waals surface area (Å²) in [5.41, 5.74) is 5.92. The molecular formula is C25H28N4OS. The van der Waals surface area contributed by atoms with Gasteiger partial charge in [-0.05, 0) is 74.8 Å². The minimum Gasteiger partial charge on any atom is -0.376 e. The highest BCUT2D eigenvalue weighted by atomic mass is 32.1. The van der Waals surface area contributed by atoms with Crippen LogP contribution < -0.4 is 5.32 Å². The molecule has 6 heteroatoms. The second-order valence-electron chi connectivity index (χ2n) is 8.41. The molecule has 2 saturated heterocycles. The molecule has 160 valence electrons. The predicted octanol–water partition coefficient (Wildman–Crippen LogP) is 4.64. The maximum absolute atomic E-state index is 5.97. The van der Waals surface area contributed by atoms with Gasteiger partial charge in [0.1, 0.15) is 0 Å². The van der Waals surface area contributed by atoms with Crippen LogP contribution in [0.15, 0.2) is 60.8 Å². The zero-order chi connectivity index (χ0) is 21.4. The molecule has 5 nitrogen and oxygen atoms in total. The molecule has 2 fully saturated rings. The summed E-state index contributed by atoms with van der Waals surface area (Å²) >= 11 is 5.83. The number of aryl methyl sites for hydroxylation is 1. The summed E-state index contributed by atoms with van der Waals surface area (Å²) in [5.74, 6) is 0. The van der Waals surface area contributed by atoms with E-state index < -0.39 is 0 Å². The highest BCUT2D eigenvalue weighted by Crippen LogP contribution is 2.41. The summed E-state index contributed by atoms with van der Waals surface area (Å²) in [6.45, 7) is 6.02. The Morgan fingerprint density at radius 1 is 1.13 bits per heavy atom. The average Bonchev–Trinajstić information content (AvgIpc) is 3.49. The van der Waals surface area contributed by atoms with Gasteiger partial charge in [0.2, 0.25) is 0 Å². The van der Waals surface area contributed by atoms with Crippen LogP contribution in [-0.2, 0) is 4.74 Å². The van der Waals surface area contributed by atoms with Crippen molar-refractivity contribution in [2.75, 3.05) is 13.2 Å². The van der Waals surface area contributed by atoms with E-state index in [9.17, 15) is 0 Å². The number of hydrogen-bond donors (Lipinski definition) is 1. The third-order valence-electron chi connectivity index (χ3n) is 6.43. The van der Waals surface area contributed by atoms with Gasteiger partial charge in [-0.15, -0.1) is 0 Å². The first-order valence-corrected chi connectivity index (χ1v) is 11.4. The Balaban J connectivity index is 1.59. The zero-order valence-electron chi connectivity index (χ0n) is 18.0. The van der Waals surface area contributed by atoms with Crippen LogP contribution in [0.25, 0.3) is 5.69 Å². The van der Waals surface area contributed by atoms with Crippen LogP contribution >= 0.6 is 12.2 Å². The number of para-hydroxylation sites is 1. The van der Waals surface area contributed by atoms with Gasteiger partial charge < -0.3 is 19.5 Å². The molecule has 1 aromatic carbocycles. The number of benzene rings is 1. The van der Waals surface area contributed by atoms with Gasteiger partial charge in [-0.1, -0.05) is 24.3 Å². The van der Waals surface area contributed by atoms with Gasteiger partial charge in [0.05, 0.1) is 23.9 Å². The van der Waals surface area contributed by atoms with E-state index in [4.69, 9.17) is 17.0 Å². The maximum Gasteiger partial charge on any atom is 0.170 e. The van der Waals surface area contributed by atoms with E-state index in [2.05, 4.69) is 76.1 Å². The number of nitrogens with one attached hydrogen (secondary N) is 1. The fourth-order valence-electron chi connectivity index (χ4n) is 5.01. The van der Waals surface area contributed by atoms with Crippen molar-refractivity contribution in [3.05, 3.63) is 83.4 Å². The fourth-order valence-corrected chi connectivity index (χ4v) is 5.32. The lowest BCUT2D eigenvalue weighted by Crippen LogP contribution is -2.36. The molecule has 31 heavy (non-hydrogen) atoms. The van der Waals surface area contributed by atoms with E-state index in [1.807, 2.05) is 18.3 Å². The molecule has 0 spiro atoms. The smallest absolute Gasteiger partial charge is 0.170 e. The lowest BCUT2D eigenvalue weighted by molar-refractivity contribution is 0.0842. The van der Waals surface area contributed by atoms with Crippen LogP contribution in [0, 0.1) is 13.8 Å². The molecule has 3 unspecified atom stereocenters. The Morgan fingerprint density at radius 2 is 1.94 bits per heavy atom. The standard InChI is InChI=1S/C25H28N4OS/c1-17-15-21(18(2)29(17)19-9-4-3-5-10-19)24-23(22-12-6-7-13-26-22)27-25(31)28(24)16-20-11-8-14-30-20/h3-7,9-10,12-13,15,20,23-24H,8,11,14,16H2,1-2H3,(H,27,31). The number of thiocarbonyl (C=S) groups is 1.